The molecule has 0 bridgehead atoms. The SMILES string of the molecule is CNC(C)(CO)CCCCN(C)C1CCOC1C. The number of unbranched alkanes of at least 4 members (excludes halogenated alkanes) is 1. The number of nitrogens with zero attached hydrogens (tertiary/aromatic N) is 1. The maximum Gasteiger partial charge on any atom is 0.0702 e. The van der Waals surface area contributed by atoms with Crippen molar-refractivity contribution < 1.29 is 9.84 Å². The van der Waals surface area contributed by atoms with Gasteiger partial charge in [0, 0.05) is 18.2 Å². The number of hydrogen-bond donors (Lipinski definition) is 2. The zero-order valence-electron chi connectivity index (χ0n) is 12.4. The van der Waals surface area contributed by atoms with Crippen LogP contribution in [-0.2, 0) is 4.74 Å². The van der Waals surface area contributed by atoms with Crippen LogP contribution < -0.4 is 5.32 Å². The number of likely N-dealkylation sites (N-methyl/N-ethyl adjacent to an activating group) is 2. The molecular weight excluding hydrogens is 228 g/mol. The van der Waals surface area contributed by atoms with Crippen LogP contribution >= 0.6 is 0 Å². The van der Waals surface area contributed by atoms with E-state index in [9.17, 15) is 5.11 Å². The van der Waals surface area contributed by atoms with Gasteiger partial charge in [0.05, 0.1) is 12.7 Å². The standard InChI is InChI=1S/C14H30N2O2/c1-12-13(7-10-18-12)16(4)9-6-5-8-14(2,11-17)15-3/h12-13,15,17H,5-11H2,1-4H3. The normalized spacial score (nSPS) is 27.7. The highest BCUT2D eigenvalue weighted by Crippen LogP contribution is 2.19. The van der Waals surface area contributed by atoms with Crippen LogP contribution in [0.1, 0.15) is 39.5 Å². The fourth-order valence-corrected chi connectivity index (χ4v) is 2.62. The molecule has 0 aromatic carbocycles. The minimum absolute atomic E-state index is 0.123. The average molecular weight is 258 g/mol. The average Bonchev–Trinajstić information content (AvgIpc) is 2.80. The van der Waals surface area contributed by atoms with Crippen molar-refractivity contribution in [3.8, 4) is 0 Å². The van der Waals surface area contributed by atoms with E-state index in [0.29, 0.717) is 12.1 Å². The number of rotatable bonds is 8. The van der Waals surface area contributed by atoms with Gasteiger partial charge in [-0.2, -0.15) is 0 Å². The molecule has 4 heteroatoms. The van der Waals surface area contributed by atoms with Crippen LogP contribution in [0.3, 0.4) is 0 Å². The lowest BCUT2D eigenvalue weighted by molar-refractivity contribution is 0.0826. The Kier molecular flexibility index (Phi) is 6.57. The molecule has 1 aliphatic heterocycles. The Labute approximate surface area is 112 Å². The van der Waals surface area contributed by atoms with Gasteiger partial charge in [-0.05, 0) is 53.8 Å². The van der Waals surface area contributed by atoms with Crippen LogP contribution in [0.4, 0.5) is 0 Å². The number of aliphatic hydroxyl groups excluding tert-OH is 1. The molecule has 0 spiro atoms. The Morgan fingerprint density at radius 3 is 2.67 bits per heavy atom. The molecule has 1 saturated heterocycles. The fourth-order valence-electron chi connectivity index (χ4n) is 2.62. The molecule has 0 radical (unpaired) electrons. The summed E-state index contributed by atoms with van der Waals surface area (Å²) in [6.07, 6.45) is 4.86. The van der Waals surface area contributed by atoms with Crippen LogP contribution in [0.15, 0.2) is 0 Å². The predicted molar refractivity (Wildman–Crippen MR) is 74.9 cm³/mol. The summed E-state index contributed by atoms with van der Waals surface area (Å²) in [5.74, 6) is 0. The van der Waals surface area contributed by atoms with Crippen molar-refractivity contribution in [3.63, 3.8) is 0 Å². The predicted octanol–water partition coefficient (Wildman–Crippen LogP) is 1.24. The third kappa shape index (κ3) is 4.50. The van der Waals surface area contributed by atoms with Crippen LogP contribution in [0.5, 0.6) is 0 Å². The summed E-state index contributed by atoms with van der Waals surface area (Å²) in [4.78, 5) is 2.42. The molecule has 18 heavy (non-hydrogen) atoms. The highest BCUT2D eigenvalue weighted by atomic mass is 16.5. The van der Waals surface area contributed by atoms with E-state index in [1.165, 1.54) is 6.42 Å². The second-order valence-corrected chi connectivity index (χ2v) is 5.84. The van der Waals surface area contributed by atoms with Crippen molar-refractivity contribution in [1.82, 2.24) is 10.2 Å². The number of hydrogen-bond acceptors (Lipinski definition) is 4. The molecule has 4 nitrogen and oxygen atoms in total. The monoisotopic (exact) mass is 258 g/mol. The summed E-state index contributed by atoms with van der Waals surface area (Å²) in [6, 6.07) is 0.582. The summed E-state index contributed by atoms with van der Waals surface area (Å²) in [5, 5.41) is 12.5. The molecular formula is C14H30N2O2. The van der Waals surface area contributed by atoms with E-state index in [0.717, 1.165) is 32.4 Å². The molecule has 0 aromatic rings. The topological polar surface area (TPSA) is 44.7 Å². The lowest BCUT2D eigenvalue weighted by Gasteiger charge is -2.29. The molecule has 0 amide bonds. The smallest absolute Gasteiger partial charge is 0.0702 e. The van der Waals surface area contributed by atoms with Gasteiger partial charge in [0.1, 0.15) is 0 Å². The Morgan fingerprint density at radius 1 is 1.44 bits per heavy atom. The number of ether oxygens (including phenoxy) is 1. The summed E-state index contributed by atoms with van der Waals surface area (Å²) in [7, 11) is 4.11. The van der Waals surface area contributed by atoms with Gasteiger partial charge in [-0.1, -0.05) is 6.42 Å². The fraction of sp³-hybridized carbons (Fsp3) is 1.00. The minimum Gasteiger partial charge on any atom is -0.394 e. The van der Waals surface area contributed by atoms with Gasteiger partial charge < -0.3 is 20.1 Å². The van der Waals surface area contributed by atoms with Crippen molar-refractivity contribution in [2.45, 2.75) is 57.2 Å². The Morgan fingerprint density at radius 2 is 2.17 bits per heavy atom. The zero-order chi connectivity index (χ0) is 13.6. The van der Waals surface area contributed by atoms with Crippen molar-refractivity contribution in [3.05, 3.63) is 0 Å². The van der Waals surface area contributed by atoms with E-state index in [1.807, 2.05) is 7.05 Å². The van der Waals surface area contributed by atoms with Gasteiger partial charge in [0.15, 0.2) is 0 Å². The molecule has 108 valence electrons. The van der Waals surface area contributed by atoms with E-state index >= 15 is 0 Å². The van der Waals surface area contributed by atoms with Gasteiger partial charge >= 0.3 is 0 Å². The van der Waals surface area contributed by atoms with E-state index < -0.39 is 0 Å². The first-order chi connectivity index (χ1) is 8.52. The Bertz CT molecular complexity index is 232. The van der Waals surface area contributed by atoms with Crippen molar-refractivity contribution in [2.24, 2.45) is 0 Å². The summed E-state index contributed by atoms with van der Waals surface area (Å²) in [5.41, 5.74) is -0.123. The van der Waals surface area contributed by atoms with Gasteiger partial charge in [0.25, 0.3) is 0 Å². The number of nitrogens with one attached hydrogen (secondary N) is 1. The van der Waals surface area contributed by atoms with E-state index in [-0.39, 0.29) is 12.1 Å². The molecule has 0 saturated carbocycles. The van der Waals surface area contributed by atoms with Crippen molar-refractivity contribution >= 4 is 0 Å². The molecule has 1 aliphatic rings. The maximum absolute atomic E-state index is 9.31. The minimum atomic E-state index is -0.123. The second kappa shape index (κ2) is 7.43. The first-order valence-corrected chi connectivity index (χ1v) is 7.14. The van der Waals surface area contributed by atoms with Gasteiger partial charge in [0.2, 0.25) is 0 Å². The molecule has 1 fully saturated rings. The molecule has 1 rings (SSSR count). The van der Waals surface area contributed by atoms with E-state index in [2.05, 4.69) is 31.1 Å². The van der Waals surface area contributed by atoms with E-state index in [1.54, 1.807) is 0 Å². The molecule has 2 N–H and O–H groups in total. The molecule has 0 aliphatic carbocycles. The largest absolute Gasteiger partial charge is 0.394 e. The lowest BCUT2D eigenvalue weighted by atomic mass is 9.96. The summed E-state index contributed by atoms with van der Waals surface area (Å²) in [6.45, 7) is 6.45. The van der Waals surface area contributed by atoms with Crippen LogP contribution in [0, 0.1) is 0 Å². The number of aliphatic hydroxyl groups is 1. The second-order valence-electron chi connectivity index (χ2n) is 5.84. The van der Waals surface area contributed by atoms with Crippen LogP contribution in [0.2, 0.25) is 0 Å². The lowest BCUT2D eigenvalue weighted by Crippen LogP contribution is -2.43. The van der Waals surface area contributed by atoms with Gasteiger partial charge in [-0.25, -0.2) is 0 Å². The molecule has 3 unspecified atom stereocenters. The van der Waals surface area contributed by atoms with Crippen LogP contribution in [-0.4, -0.2) is 61.5 Å². The Balaban J connectivity index is 2.17. The first-order valence-electron chi connectivity index (χ1n) is 7.14. The first kappa shape index (κ1) is 15.9. The highest BCUT2D eigenvalue weighted by molar-refractivity contribution is 4.82. The highest BCUT2D eigenvalue weighted by Gasteiger charge is 2.27. The third-order valence-corrected chi connectivity index (χ3v) is 4.34. The Hall–Kier alpha value is -0.160. The van der Waals surface area contributed by atoms with Gasteiger partial charge in [-0.3, -0.25) is 0 Å². The summed E-state index contributed by atoms with van der Waals surface area (Å²) >= 11 is 0. The third-order valence-electron chi connectivity index (χ3n) is 4.34. The molecule has 0 aromatic heterocycles. The van der Waals surface area contributed by atoms with Crippen LogP contribution in [0.25, 0.3) is 0 Å². The van der Waals surface area contributed by atoms with Crippen molar-refractivity contribution in [2.75, 3.05) is 33.9 Å². The zero-order valence-corrected chi connectivity index (χ0v) is 12.4. The molecule has 3 atom stereocenters. The quantitative estimate of drug-likeness (QED) is 0.643. The summed E-state index contributed by atoms with van der Waals surface area (Å²) < 4.78 is 5.60. The van der Waals surface area contributed by atoms with Crippen molar-refractivity contribution in [1.29, 1.82) is 0 Å². The van der Waals surface area contributed by atoms with Gasteiger partial charge in [-0.15, -0.1) is 0 Å². The molecule has 1 heterocycles. The maximum atomic E-state index is 9.31. The van der Waals surface area contributed by atoms with E-state index in [4.69, 9.17) is 4.74 Å².